The fraction of sp³-hybridized carbons (Fsp3) is 0.125. The van der Waals surface area contributed by atoms with E-state index in [9.17, 15) is 14.4 Å². The molecule has 118 valence electrons. The van der Waals surface area contributed by atoms with Crippen molar-refractivity contribution in [3.05, 3.63) is 58.9 Å². The smallest absolute Gasteiger partial charge is 0.340 e. The number of hydrogen-bond acceptors (Lipinski definition) is 5. The molecule has 0 spiro atoms. The summed E-state index contributed by atoms with van der Waals surface area (Å²) in [5.41, 5.74) is 0.939. The number of Topliss-reactive ketones (excluding diaryl/α,β-unsaturated/α-hetero) is 1. The Morgan fingerprint density at radius 1 is 1.17 bits per heavy atom. The molecule has 0 fully saturated rings. The third kappa shape index (κ3) is 4.62. The topological polar surface area (TPSA) is 85.4 Å². The van der Waals surface area contributed by atoms with Crippen LogP contribution in [-0.4, -0.2) is 29.3 Å². The summed E-state index contributed by atoms with van der Waals surface area (Å²) in [7, 11) is 0. The predicted molar refractivity (Wildman–Crippen MR) is 84.6 cm³/mol. The number of nitrogens with one attached hydrogen (secondary N) is 1. The van der Waals surface area contributed by atoms with E-state index in [1.165, 1.54) is 25.3 Å². The van der Waals surface area contributed by atoms with Gasteiger partial charge in [0.15, 0.2) is 12.4 Å². The molecule has 0 aliphatic carbocycles. The summed E-state index contributed by atoms with van der Waals surface area (Å²) in [5.74, 6) is -1.41. The molecule has 1 aromatic heterocycles. The van der Waals surface area contributed by atoms with Gasteiger partial charge in [-0.25, -0.2) is 9.78 Å². The van der Waals surface area contributed by atoms with Crippen LogP contribution in [0.5, 0.6) is 0 Å². The number of amides is 1. The lowest BCUT2D eigenvalue weighted by Crippen LogP contribution is -2.22. The first-order valence-corrected chi connectivity index (χ1v) is 7.03. The van der Waals surface area contributed by atoms with E-state index in [1.807, 2.05) is 0 Å². The molecule has 0 atom stereocenters. The van der Waals surface area contributed by atoms with Crippen LogP contribution in [0.2, 0.25) is 5.15 Å². The number of hydrogen-bond donors (Lipinski definition) is 1. The molecule has 0 saturated heterocycles. The molecule has 0 saturated carbocycles. The summed E-state index contributed by atoms with van der Waals surface area (Å²) in [6, 6.07) is 9.47. The monoisotopic (exact) mass is 332 g/mol. The van der Waals surface area contributed by atoms with E-state index in [0.29, 0.717) is 11.3 Å². The van der Waals surface area contributed by atoms with E-state index in [0.717, 1.165) is 0 Å². The summed E-state index contributed by atoms with van der Waals surface area (Å²) < 4.78 is 4.88. The van der Waals surface area contributed by atoms with Crippen molar-refractivity contribution in [2.75, 3.05) is 11.9 Å². The minimum atomic E-state index is -0.691. The maximum Gasteiger partial charge on any atom is 0.340 e. The summed E-state index contributed by atoms with van der Waals surface area (Å²) in [6.07, 6.45) is 1.26. The van der Waals surface area contributed by atoms with Crippen LogP contribution in [0.4, 0.5) is 5.69 Å². The molecule has 0 aliphatic heterocycles. The van der Waals surface area contributed by atoms with Gasteiger partial charge in [0.2, 0.25) is 0 Å². The average molecular weight is 333 g/mol. The number of nitrogens with zero attached hydrogens (tertiary/aromatic N) is 1. The van der Waals surface area contributed by atoms with Crippen molar-refractivity contribution in [2.45, 2.75) is 6.92 Å². The first-order chi connectivity index (χ1) is 11.0. The Morgan fingerprint density at radius 3 is 2.57 bits per heavy atom. The van der Waals surface area contributed by atoms with Crippen LogP contribution in [0, 0.1) is 0 Å². The van der Waals surface area contributed by atoms with Crippen LogP contribution in [-0.2, 0) is 9.53 Å². The van der Waals surface area contributed by atoms with Crippen molar-refractivity contribution in [2.24, 2.45) is 0 Å². The van der Waals surface area contributed by atoms with Gasteiger partial charge >= 0.3 is 5.97 Å². The van der Waals surface area contributed by atoms with Crippen LogP contribution in [0.3, 0.4) is 0 Å². The second-order valence-electron chi connectivity index (χ2n) is 4.60. The van der Waals surface area contributed by atoms with Gasteiger partial charge in [-0.1, -0.05) is 23.7 Å². The van der Waals surface area contributed by atoms with E-state index >= 15 is 0 Å². The van der Waals surface area contributed by atoms with Gasteiger partial charge in [-0.15, -0.1) is 0 Å². The highest BCUT2D eigenvalue weighted by Gasteiger charge is 2.13. The number of ether oxygens (including phenoxy) is 1. The van der Waals surface area contributed by atoms with E-state index < -0.39 is 18.5 Å². The molecular weight excluding hydrogens is 320 g/mol. The predicted octanol–water partition coefficient (Wildman–Crippen LogP) is 2.73. The summed E-state index contributed by atoms with van der Waals surface area (Å²) in [6.45, 7) is 0.923. The molecule has 2 aromatic rings. The van der Waals surface area contributed by atoms with E-state index in [-0.39, 0.29) is 16.5 Å². The molecule has 0 unspecified atom stereocenters. The highest BCUT2D eigenvalue weighted by molar-refractivity contribution is 6.29. The first kappa shape index (κ1) is 16.6. The van der Waals surface area contributed by atoms with Crippen molar-refractivity contribution in [3.8, 4) is 0 Å². The van der Waals surface area contributed by atoms with Gasteiger partial charge in [0.05, 0.1) is 11.3 Å². The third-order valence-corrected chi connectivity index (χ3v) is 3.10. The molecule has 7 heteroatoms. The fourth-order valence-corrected chi connectivity index (χ4v) is 1.91. The molecule has 23 heavy (non-hydrogen) atoms. The van der Waals surface area contributed by atoms with Crippen LogP contribution < -0.4 is 5.32 Å². The van der Waals surface area contributed by atoms with Crippen LogP contribution in [0.15, 0.2) is 42.6 Å². The van der Waals surface area contributed by atoms with Gasteiger partial charge in [-0.3, -0.25) is 9.59 Å². The lowest BCUT2D eigenvalue weighted by Gasteiger charge is -2.09. The maximum absolute atomic E-state index is 11.8. The normalized spacial score (nSPS) is 10.0. The van der Waals surface area contributed by atoms with E-state index in [1.54, 1.807) is 24.3 Å². The lowest BCUT2D eigenvalue weighted by molar-refractivity contribution is -0.119. The maximum atomic E-state index is 11.8. The van der Waals surface area contributed by atoms with E-state index in [4.69, 9.17) is 16.3 Å². The number of ketones is 1. The van der Waals surface area contributed by atoms with Gasteiger partial charge in [0.1, 0.15) is 5.15 Å². The highest BCUT2D eigenvalue weighted by atomic mass is 35.5. The average Bonchev–Trinajstić information content (AvgIpc) is 2.53. The largest absolute Gasteiger partial charge is 0.452 e. The summed E-state index contributed by atoms with van der Waals surface area (Å²) in [5, 5.41) is 2.78. The zero-order valence-corrected chi connectivity index (χ0v) is 13.0. The number of aromatic nitrogens is 1. The van der Waals surface area contributed by atoms with Crippen molar-refractivity contribution in [1.82, 2.24) is 4.98 Å². The zero-order chi connectivity index (χ0) is 16.8. The second-order valence-corrected chi connectivity index (χ2v) is 4.98. The number of halogens is 1. The van der Waals surface area contributed by atoms with Gasteiger partial charge in [0.25, 0.3) is 5.91 Å². The third-order valence-electron chi connectivity index (χ3n) is 2.88. The van der Waals surface area contributed by atoms with Crippen LogP contribution >= 0.6 is 11.6 Å². The molecule has 0 radical (unpaired) electrons. The number of carbonyl (C=O) groups excluding carboxylic acids is 3. The van der Waals surface area contributed by atoms with Crippen molar-refractivity contribution in [3.63, 3.8) is 0 Å². The molecule has 1 N–H and O–H groups in total. The van der Waals surface area contributed by atoms with Crippen LogP contribution in [0.1, 0.15) is 27.6 Å². The number of rotatable bonds is 5. The Labute approximate surface area is 137 Å². The van der Waals surface area contributed by atoms with Gasteiger partial charge in [-0.2, -0.15) is 0 Å². The molecular formula is C16H13ClN2O4. The molecule has 1 amide bonds. The number of pyridine rings is 1. The van der Waals surface area contributed by atoms with Crippen molar-refractivity contribution < 1.29 is 19.1 Å². The van der Waals surface area contributed by atoms with Crippen molar-refractivity contribution >= 4 is 34.9 Å². The quantitative estimate of drug-likeness (QED) is 0.517. The first-order valence-electron chi connectivity index (χ1n) is 6.66. The van der Waals surface area contributed by atoms with Gasteiger partial charge < -0.3 is 10.1 Å². The Balaban J connectivity index is 1.94. The number of para-hydroxylation sites is 1. The minimum Gasteiger partial charge on any atom is -0.452 e. The molecule has 6 nitrogen and oxygen atoms in total. The number of anilines is 1. The SMILES string of the molecule is CC(=O)c1ccccc1NC(=O)COC(=O)c1ccc(Cl)nc1. The van der Waals surface area contributed by atoms with E-state index in [2.05, 4.69) is 10.3 Å². The number of carbonyl (C=O) groups is 3. The Kier molecular flexibility index (Phi) is 5.43. The zero-order valence-electron chi connectivity index (χ0n) is 12.2. The lowest BCUT2D eigenvalue weighted by atomic mass is 10.1. The fourth-order valence-electron chi connectivity index (χ4n) is 1.80. The molecule has 1 heterocycles. The number of benzene rings is 1. The second kappa shape index (κ2) is 7.51. The van der Waals surface area contributed by atoms with Gasteiger partial charge in [-0.05, 0) is 31.2 Å². The number of esters is 1. The summed E-state index contributed by atoms with van der Waals surface area (Å²) in [4.78, 5) is 38.8. The molecule has 0 aliphatic rings. The Bertz CT molecular complexity index is 744. The Morgan fingerprint density at radius 2 is 1.91 bits per heavy atom. The highest BCUT2D eigenvalue weighted by Crippen LogP contribution is 2.15. The van der Waals surface area contributed by atoms with Gasteiger partial charge in [0, 0.05) is 11.8 Å². The van der Waals surface area contributed by atoms with Crippen molar-refractivity contribution in [1.29, 1.82) is 0 Å². The standard InChI is InChI=1S/C16H13ClN2O4/c1-10(20)12-4-2-3-5-13(12)19-15(21)9-23-16(22)11-6-7-14(17)18-8-11/h2-8H,9H2,1H3,(H,19,21). The molecule has 2 rings (SSSR count). The Hall–Kier alpha value is -2.73. The molecule has 0 bridgehead atoms. The molecule has 1 aromatic carbocycles. The minimum absolute atomic E-state index is 0.176. The van der Waals surface area contributed by atoms with Crippen LogP contribution in [0.25, 0.3) is 0 Å². The summed E-state index contributed by atoms with van der Waals surface area (Å²) >= 11 is 5.62.